The second kappa shape index (κ2) is 7.36. The summed E-state index contributed by atoms with van der Waals surface area (Å²) in [4.78, 5) is 12.5. The van der Waals surface area contributed by atoms with Crippen molar-refractivity contribution in [3.05, 3.63) is 35.6 Å². The number of carboxylic acid groups (broad SMARTS) is 1. The molecule has 0 saturated heterocycles. The van der Waals surface area contributed by atoms with Crippen LogP contribution in [0, 0.1) is 11.7 Å². The molecule has 0 heterocycles. The zero-order chi connectivity index (χ0) is 15.3. The van der Waals surface area contributed by atoms with Crippen LogP contribution in [-0.2, 0) is 4.79 Å². The molecule has 0 aliphatic rings. The number of hydrogen-bond acceptors (Lipinski definition) is 3. The van der Waals surface area contributed by atoms with Crippen LogP contribution in [0.15, 0.2) is 24.3 Å². The number of aliphatic carboxylic acids is 1. The lowest BCUT2D eigenvalue weighted by Crippen LogP contribution is -2.41. The van der Waals surface area contributed by atoms with Gasteiger partial charge in [-0.1, -0.05) is 26.0 Å². The van der Waals surface area contributed by atoms with Gasteiger partial charge in [0.15, 0.2) is 0 Å². The summed E-state index contributed by atoms with van der Waals surface area (Å²) >= 11 is 0. The molecule has 2 N–H and O–H groups in total. The van der Waals surface area contributed by atoms with Crippen LogP contribution in [0.3, 0.4) is 0 Å². The van der Waals surface area contributed by atoms with Gasteiger partial charge in [0.1, 0.15) is 5.82 Å². The van der Waals surface area contributed by atoms with Gasteiger partial charge in [-0.05, 0) is 30.7 Å². The predicted molar refractivity (Wildman–Crippen MR) is 74.9 cm³/mol. The molecule has 2 unspecified atom stereocenters. The lowest BCUT2D eigenvalue weighted by atomic mass is 9.92. The van der Waals surface area contributed by atoms with E-state index in [1.165, 1.54) is 12.1 Å². The molecule has 0 fully saturated rings. The third kappa shape index (κ3) is 4.58. The fraction of sp³-hybridized carbons (Fsp3) is 0.533. The molecule has 20 heavy (non-hydrogen) atoms. The quantitative estimate of drug-likeness (QED) is 0.806. The van der Waals surface area contributed by atoms with Crippen LogP contribution in [-0.4, -0.2) is 40.7 Å². The van der Waals surface area contributed by atoms with E-state index in [1.54, 1.807) is 19.2 Å². The van der Waals surface area contributed by atoms with Gasteiger partial charge in [-0.15, -0.1) is 0 Å². The summed E-state index contributed by atoms with van der Waals surface area (Å²) in [6.07, 6.45) is -0.759. The van der Waals surface area contributed by atoms with Gasteiger partial charge in [0.2, 0.25) is 0 Å². The first kappa shape index (κ1) is 16.6. The Hall–Kier alpha value is -1.46. The highest BCUT2D eigenvalue weighted by molar-refractivity contribution is 5.66. The minimum Gasteiger partial charge on any atom is -0.481 e. The van der Waals surface area contributed by atoms with Gasteiger partial charge in [-0.25, -0.2) is 4.39 Å². The molecule has 5 heteroatoms. The van der Waals surface area contributed by atoms with E-state index in [9.17, 15) is 14.3 Å². The second-order valence-electron chi connectivity index (χ2n) is 5.36. The maximum atomic E-state index is 12.9. The third-order valence-electron chi connectivity index (χ3n) is 3.41. The Bertz CT molecular complexity index is 433. The lowest BCUT2D eigenvalue weighted by molar-refractivity contribution is -0.137. The zero-order valence-electron chi connectivity index (χ0n) is 12.1. The van der Waals surface area contributed by atoms with Gasteiger partial charge in [-0.2, -0.15) is 0 Å². The molecule has 0 aliphatic carbocycles. The molecule has 1 aromatic rings. The van der Waals surface area contributed by atoms with E-state index >= 15 is 0 Å². The molecule has 0 aromatic heterocycles. The maximum Gasteiger partial charge on any atom is 0.304 e. The van der Waals surface area contributed by atoms with Gasteiger partial charge in [0.25, 0.3) is 0 Å². The third-order valence-corrected chi connectivity index (χ3v) is 3.41. The van der Waals surface area contributed by atoms with Crippen LogP contribution in [0.4, 0.5) is 4.39 Å². The summed E-state index contributed by atoms with van der Waals surface area (Å²) in [6.45, 7) is 4.29. The van der Waals surface area contributed by atoms with Gasteiger partial charge in [0.05, 0.1) is 12.5 Å². The van der Waals surface area contributed by atoms with Crippen LogP contribution in [0.5, 0.6) is 0 Å². The molecule has 0 radical (unpaired) electrons. The summed E-state index contributed by atoms with van der Waals surface area (Å²) in [6, 6.07) is 5.51. The smallest absolute Gasteiger partial charge is 0.304 e. The zero-order valence-corrected chi connectivity index (χ0v) is 12.1. The minimum atomic E-state index is -0.865. The Morgan fingerprint density at radius 1 is 1.30 bits per heavy atom. The number of nitrogens with zero attached hydrogens (tertiary/aromatic N) is 1. The molecule has 1 rings (SSSR count). The van der Waals surface area contributed by atoms with Gasteiger partial charge in [0, 0.05) is 12.6 Å². The number of benzene rings is 1. The maximum absolute atomic E-state index is 12.9. The van der Waals surface area contributed by atoms with Gasteiger partial charge < -0.3 is 10.2 Å². The van der Waals surface area contributed by atoms with Crippen LogP contribution in [0.1, 0.15) is 31.9 Å². The summed E-state index contributed by atoms with van der Waals surface area (Å²) in [5.74, 6) is -1.08. The fourth-order valence-electron chi connectivity index (χ4n) is 2.39. The highest BCUT2D eigenvalue weighted by Crippen LogP contribution is 2.26. The minimum absolute atomic E-state index is 0.0237. The molecular formula is C15H22FNO3. The van der Waals surface area contributed by atoms with Crippen molar-refractivity contribution in [2.75, 3.05) is 13.6 Å². The molecule has 112 valence electrons. The SMILES string of the molecule is CC(C)C(C(O)c1ccc(F)cc1)N(C)CCC(=O)O. The first-order chi connectivity index (χ1) is 9.32. The topological polar surface area (TPSA) is 60.8 Å². The lowest BCUT2D eigenvalue weighted by Gasteiger charge is -2.35. The summed E-state index contributed by atoms with van der Waals surface area (Å²) in [5, 5.41) is 19.2. The molecule has 0 aliphatic heterocycles. The van der Waals surface area contributed by atoms with E-state index < -0.39 is 12.1 Å². The molecular weight excluding hydrogens is 261 g/mol. The average Bonchev–Trinajstić information content (AvgIpc) is 2.36. The number of rotatable bonds is 7. The summed E-state index contributed by atoms with van der Waals surface area (Å²) < 4.78 is 12.9. The van der Waals surface area contributed by atoms with Crippen LogP contribution in [0.25, 0.3) is 0 Å². The second-order valence-corrected chi connectivity index (χ2v) is 5.36. The van der Waals surface area contributed by atoms with Crippen molar-refractivity contribution in [1.82, 2.24) is 4.90 Å². The van der Waals surface area contributed by atoms with Crippen molar-refractivity contribution in [3.8, 4) is 0 Å². The number of halogens is 1. The van der Waals surface area contributed by atoms with Crippen molar-refractivity contribution >= 4 is 5.97 Å². The standard InChI is InChI=1S/C15H22FNO3/c1-10(2)14(17(3)9-8-13(18)19)15(20)11-4-6-12(16)7-5-11/h4-7,10,14-15,20H,8-9H2,1-3H3,(H,18,19). The monoisotopic (exact) mass is 283 g/mol. The Labute approximate surface area is 118 Å². The number of likely N-dealkylation sites (N-methyl/N-ethyl adjacent to an activating group) is 1. The van der Waals surface area contributed by atoms with E-state index in [0.717, 1.165) is 0 Å². The predicted octanol–water partition coefficient (Wildman–Crippen LogP) is 2.29. The highest BCUT2D eigenvalue weighted by atomic mass is 19.1. The Kier molecular flexibility index (Phi) is 6.10. The van der Waals surface area contributed by atoms with Crippen LogP contribution in [0.2, 0.25) is 0 Å². The number of carboxylic acids is 1. The summed E-state index contributed by atoms with van der Waals surface area (Å²) in [5.41, 5.74) is 0.632. The molecule has 4 nitrogen and oxygen atoms in total. The molecule has 0 saturated carbocycles. The Balaban J connectivity index is 2.83. The fourth-order valence-corrected chi connectivity index (χ4v) is 2.39. The number of carbonyl (C=O) groups is 1. The first-order valence-corrected chi connectivity index (χ1v) is 6.68. The normalized spacial score (nSPS) is 14.6. The van der Waals surface area contributed by atoms with Crippen molar-refractivity contribution in [1.29, 1.82) is 0 Å². The number of hydrogen-bond donors (Lipinski definition) is 2. The van der Waals surface area contributed by atoms with E-state index in [4.69, 9.17) is 5.11 Å². The number of aliphatic hydroxyl groups excluding tert-OH is 1. The molecule has 0 bridgehead atoms. The Morgan fingerprint density at radius 3 is 2.30 bits per heavy atom. The molecule has 2 atom stereocenters. The van der Waals surface area contributed by atoms with E-state index in [-0.39, 0.29) is 24.2 Å². The van der Waals surface area contributed by atoms with E-state index in [0.29, 0.717) is 12.1 Å². The Morgan fingerprint density at radius 2 is 1.85 bits per heavy atom. The number of aliphatic hydroxyl groups is 1. The largest absolute Gasteiger partial charge is 0.481 e. The van der Waals surface area contributed by atoms with E-state index in [1.807, 2.05) is 18.7 Å². The molecule has 0 spiro atoms. The van der Waals surface area contributed by atoms with Gasteiger partial charge >= 0.3 is 5.97 Å². The van der Waals surface area contributed by atoms with Crippen molar-refractivity contribution in [2.45, 2.75) is 32.4 Å². The van der Waals surface area contributed by atoms with Crippen molar-refractivity contribution < 1.29 is 19.4 Å². The van der Waals surface area contributed by atoms with Gasteiger partial charge in [-0.3, -0.25) is 9.69 Å². The molecule has 1 aromatic carbocycles. The average molecular weight is 283 g/mol. The van der Waals surface area contributed by atoms with Crippen LogP contribution < -0.4 is 0 Å². The highest BCUT2D eigenvalue weighted by Gasteiger charge is 2.28. The van der Waals surface area contributed by atoms with Crippen molar-refractivity contribution in [2.24, 2.45) is 5.92 Å². The van der Waals surface area contributed by atoms with Crippen molar-refractivity contribution in [3.63, 3.8) is 0 Å². The van der Waals surface area contributed by atoms with Crippen LogP contribution >= 0.6 is 0 Å². The first-order valence-electron chi connectivity index (χ1n) is 6.68. The summed E-state index contributed by atoms with van der Waals surface area (Å²) in [7, 11) is 1.79. The van der Waals surface area contributed by atoms with E-state index in [2.05, 4.69) is 0 Å². The molecule has 0 amide bonds.